The summed E-state index contributed by atoms with van der Waals surface area (Å²) in [6, 6.07) is 5.49. The predicted molar refractivity (Wildman–Crippen MR) is 84.2 cm³/mol. The fourth-order valence-corrected chi connectivity index (χ4v) is 1.93. The summed E-state index contributed by atoms with van der Waals surface area (Å²) in [7, 11) is 1.55. The Hall–Kier alpha value is -2.24. The Morgan fingerprint density at radius 1 is 1.23 bits per heavy atom. The number of ether oxygens (including phenoxy) is 2. The Bertz CT molecular complexity index is 517. The van der Waals surface area contributed by atoms with Gasteiger partial charge in [-0.25, -0.2) is 0 Å². The summed E-state index contributed by atoms with van der Waals surface area (Å²) in [5.74, 6) is 0.678. The highest BCUT2D eigenvalue weighted by atomic mass is 16.5. The summed E-state index contributed by atoms with van der Waals surface area (Å²) >= 11 is 0. The lowest BCUT2D eigenvalue weighted by molar-refractivity contribution is -0.137. The van der Waals surface area contributed by atoms with E-state index in [1.165, 1.54) is 4.90 Å². The van der Waals surface area contributed by atoms with Gasteiger partial charge in [0.15, 0.2) is 18.1 Å². The van der Waals surface area contributed by atoms with E-state index in [2.05, 4.69) is 5.32 Å². The number of nitrogens with one attached hydrogen (secondary N) is 1. The van der Waals surface area contributed by atoms with Crippen molar-refractivity contribution in [1.82, 2.24) is 10.2 Å². The molecule has 0 atom stereocenters. The summed E-state index contributed by atoms with van der Waals surface area (Å²) in [6.07, 6.45) is 0. The van der Waals surface area contributed by atoms with Gasteiger partial charge in [-0.2, -0.15) is 0 Å². The van der Waals surface area contributed by atoms with Crippen LogP contribution in [0.4, 0.5) is 0 Å². The van der Waals surface area contributed by atoms with Gasteiger partial charge in [0.1, 0.15) is 0 Å². The summed E-state index contributed by atoms with van der Waals surface area (Å²) < 4.78 is 10.7. The van der Waals surface area contributed by atoms with Crippen molar-refractivity contribution >= 4 is 11.8 Å². The number of carbonyl (C=O) groups excluding carboxylic acids is 2. The van der Waals surface area contributed by atoms with Crippen LogP contribution >= 0.6 is 0 Å². The van der Waals surface area contributed by atoms with Crippen molar-refractivity contribution in [3.63, 3.8) is 0 Å². The molecule has 122 valence electrons. The van der Waals surface area contributed by atoms with E-state index in [0.717, 1.165) is 5.56 Å². The first-order valence-corrected chi connectivity index (χ1v) is 7.33. The number of hydrogen-bond acceptors (Lipinski definition) is 4. The fraction of sp³-hybridized carbons (Fsp3) is 0.500. The molecule has 22 heavy (non-hydrogen) atoms. The average Bonchev–Trinajstić information content (AvgIpc) is 2.51. The molecule has 0 aliphatic heterocycles. The molecule has 1 rings (SSSR count). The zero-order valence-corrected chi connectivity index (χ0v) is 13.6. The van der Waals surface area contributed by atoms with Gasteiger partial charge in [0, 0.05) is 13.1 Å². The maximum atomic E-state index is 12.1. The van der Waals surface area contributed by atoms with Crippen LogP contribution in [-0.2, 0) is 9.59 Å². The standard InChI is InChI=1S/C16H24N2O4/c1-5-17-15(19)10-18(6-2)16(20)11-22-13-8-7-12(3)9-14(13)21-4/h7-9H,5-6,10-11H2,1-4H3,(H,17,19). The molecular formula is C16H24N2O4. The van der Waals surface area contributed by atoms with Gasteiger partial charge in [-0.3, -0.25) is 9.59 Å². The molecule has 1 N–H and O–H groups in total. The van der Waals surface area contributed by atoms with Gasteiger partial charge >= 0.3 is 0 Å². The van der Waals surface area contributed by atoms with Crippen LogP contribution in [0.25, 0.3) is 0 Å². The van der Waals surface area contributed by atoms with Crippen molar-refractivity contribution in [2.24, 2.45) is 0 Å². The molecule has 0 unspecified atom stereocenters. The lowest BCUT2D eigenvalue weighted by Gasteiger charge is -2.20. The van der Waals surface area contributed by atoms with Crippen molar-refractivity contribution in [3.05, 3.63) is 23.8 Å². The molecule has 2 amide bonds. The SMILES string of the molecule is CCNC(=O)CN(CC)C(=O)COc1ccc(C)cc1OC. The average molecular weight is 308 g/mol. The third-order valence-electron chi connectivity index (χ3n) is 3.11. The fourth-order valence-electron chi connectivity index (χ4n) is 1.93. The first-order valence-electron chi connectivity index (χ1n) is 7.33. The van der Waals surface area contributed by atoms with E-state index >= 15 is 0 Å². The van der Waals surface area contributed by atoms with Crippen LogP contribution in [0.15, 0.2) is 18.2 Å². The largest absolute Gasteiger partial charge is 0.493 e. The molecule has 0 aliphatic carbocycles. The Balaban J connectivity index is 2.62. The zero-order chi connectivity index (χ0) is 16.5. The third-order valence-corrected chi connectivity index (χ3v) is 3.11. The first-order chi connectivity index (χ1) is 10.5. The van der Waals surface area contributed by atoms with E-state index in [0.29, 0.717) is 24.6 Å². The Morgan fingerprint density at radius 3 is 2.55 bits per heavy atom. The number of benzene rings is 1. The van der Waals surface area contributed by atoms with Crippen LogP contribution < -0.4 is 14.8 Å². The molecule has 1 aromatic carbocycles. The number of carbonyl (C=O) groups is 2. The molecule has 0 saturated carbocycles. The van der Waals surface area contributed by atoms with Crippen molar-refractivity contribution in [2.45, 2.75) is 20.8 Å². The van der Waals surface area contributed by atoms with Gasteiger partial charge < -0.3 is 19.7 Å². The van der Waals surface area contributed by atoms with Gasteiger partial charge in [0.2, 0.25) is 5.91 Å². The summed E-state index contributed by atoms with van der Waals surface area (Å²) in [4.78, 5) is 25.1. The van der Waals surface area contributed by atoms with E-state index in [-0.39, 0.29) is 25.0 Å². The highest BCUT2D eigenvalue weighted by Crippen LogP contribution is 2.27. The molecule has 0 aromatic heterocycles. The van der Waals surface area contributed by atoms with Crippen LogP contribution in [-0.4, -0.2) is 50.1 Å². The summed E-state index contributed by atoms with van der Waals surface area (Å²) in [5, 5.41) is 2.67. The molecule has 6 nitrogen and oxygen atoms in total. The predicted octanol–water partition coefficient (Wildman–Crippen LogP) is 1.37. The van der Waals surface area contributed by atoms with Crippen molar-refractivity contribution in [1.29, 1.82) is 0 Å². The van der Waals surface area contributed by atoms with Crippen molar-refractivity contribution in [3.8, 4) is 11.5 Å². The maximum absolute atomic E-state index is 12.1. The molecule has 0 radical (unpaired) electrons. The van der Waals surface area contributed by atoms with Gasteiger partial charge in [-0.15, -0.1) is 0 Å². The van der Waals surface area contributed by atoms with Crippen LogP contribution in [0.2, 0.25) is 0 Å². The number of amides is 2. The number of likely N-dealkylation sites (N-methyl/N-ethyl adjacent to an activating group) is 2. The third kappa shape index (κ3) is 5.27. The second kappa shape index (κ2) is 8.92. The van der Waals surface area contributed by atoms with Gasteiger partial charge in [-0.05, 0) is 38.5 Å². The minimum Gasteiger partial charge on any atom is -0.493 e. The molecule has 0 fully saturated rings. The number of nitrogens with zero attached hydrogens (tertiary/aromatic N) is 1. The molecule has 1 aromatic rings. The van der Waals surface area contributed by atoms with Crippen LogP contribution in [0.3, 0.4) is 0 Å². The highest BCUT2D eigenvalue weighted by molar-refractivity contribution is 5.85. The zero-order valence-electron chi connectivity index (χ0n) is 13.6. The smallest absolute Gasteiger partial charge is 0.260 e. The molecular weight excluding hydrogens is 284 g/mol. The molecule has 0 aliphatic rings. The minimum absolute atomic E-state index is 0.0393. The van der Waals surface area contributed by atoms with E-state index in [1.807, 2.05) is 32.9 Å². The second-order valence-corrected chi connectivity index (χ2v) is 4.80. The van der Waals surface area contributed by atoms with Crippen molar-refractivity contribution < 1.29 is 19.1 Å². The van der Waals surface area contributed by atoms with E-state index in [1.54, 1.807) is 13.2 Å². The highest BCUT2D eigenvalue weighted by Gasteiger charge is 2.16. The Labute approximate surface area is 131 Å². The topological polar surface area (TPSA) is 67.9 Å². The lowest BCUT2D eigenvalue weighted by atomic mass is 10.2. The number of hydrogen-bond donors (Lipinski definition) is 1. The normalized spacial score (nSPS) is 10.0. The first kappa shape index (κ1) is 17.8. The van der Waals surface area contributed by atoms with Gasteiger partial charge in [0.05, 0.1) is 13.7 Å². The van der Waals surface area contributed by atoms with Crippen molar-refractivity contribution in [2.75, 3.05) is 33.4 Å². The second-order valence-electron chi connectivity index (χ2n) is 4.80. The molecule has 0 heterocycles. The minimum atomic E-state index is -0.239. The van der Waals surface area contributed by atoms with E-state index in [9.17, 15) is 9.59 Å². The molecule has 6 heteroatoms. The molecule has 0 saturated heterocycles. The van der Waals surface area contributed by atoms with Gasteiger partial charge in [-0.1, -0.05) is 6.07 Å². The maximum Gasteiger partial charge on any atom is 0.260 e. The summed E-state index contributed by atoms with van der Waals surface area (Å²) in [6.45, 7) is 6.51. The Kier molecular flexibility index (Phi) is 7.22. The van der Waals surface area contributed by atoms with Crippen LogP contribution in [0, 0.1) is 6.92 Å². The number of aryl methyl sites for hydroxylation is 1. The van der Waals surface area contributed by atoms with Crippen LogP contribution in [0.5, 0.6) is 11.5 Å². The van der Waals surface area contributed by atoms with E-state index in [4.69, 9.17) is 9.47 Å². The molecule has 0 spiro atoms. The Morgan fingerprint density at radius 2 is 1.95 bits per heavy atom. The quantitative estimate of drug-likeness (QED) is 0.787. The van der Waals surface area contributed by atoms with Gasteiger partial charge in [0.25, 0.3) is 5.91 Å². The van der Waals surface area contributed by atoms with E-state index < -0.39 is 0 Å². The summed E-state index contributed by atoms with van der Waals surface area (Å²) in [5.41, 5.74) is 1.04. The van der Waals surface area contributed by atoms with Crippen LogP contribution in [0.1, 0.15) is 19.4 Å². The monoisotopic (exact) mass is 308 g/mol. The number of methoxy groups -OCH3 is 1. The number of rotatable bonds is 8. The molecule has 0 bridgehead atoms. The lowest BCUT2D eigenvalue weighted by Crippen LogP contribution is -2.42.